The average Bonchev–Trinajstić information content (AvgIpc) is 3.56. The molecular formula is C23H29ClO4. The first-order valence-corrected chi connectivity index (χ1v) is 10.3. The molecular weight excluding hydrogens is 376 g/mol. The van der Waals surface area contributed by atoms with Gasteiger partial charge in [-0.05, 0) is 53.5 Å². The highest BCUT2D eigenvalue weighted by Crippen LogP contribution is 2.40. The Bertz CT molecular complexity index is 758. The zero-order chi connectivity index (χ0) is 20.1. The van der Waals surface area contributed by atoms with Gasteiger partial charge in [0.2, 0.25) is 0 Å². The molecule has 3 unspecified atom stereocenters. The molecule has 3 atom stereocenters. The van der Waals surface area contributed by atoms with E-state index in [1.165, 1.54) is 24.0 Å². The molecule has 2 aromatic rings. The van der Waals surface area contributed by atoms with Gasteiger partial charge in [0.05, 0.1) is 24.9 Å². The van der Waals surface area contributed by atoms with Crippen molar-refractivity contribution in [1.82, 2.24) is 0 Å². The maximum absolute atomic E-state index is 10.1. The van der Waals surface area contributed by atoms with Crippen LogP contribution in [0.5, 0.6) is 0 Å². The normalized spacial score (nSPS) is 24.4. The molecule has 0 amide bonds. The first kappa shape index (κ1) is 21.3. The number of aliphatic hydroxyl groups is 3. The fourth-order valence-electron chi connectivity index (χ4n) is 3.80. The summed E-state index contributed by atoms with van der Waals surface area (Å²) in [5.74, 6) is 0.769. The van der Waals surface area contributed by atoms with Crippen molar-refractivity contribution in [1.29, 1.82) is 0 Å². The lowest BCUT2D eigenvalue weighted by atomic mass is 9.94. The van der Waals surface area contributed by atoms with Crippen molar-refractivity contribution in [2.75, 3.05) is 13.7 Å². The Balaban J connectivity index is 0.00000109. The molecule has 2 aliphatic rings. The van der Waals surface area contributed by atoms with Gasteiger partial charge in [-0.1, -0.05) is 48.0 Å². The molecule has 1 aliphatic carbocycles. The van der Waals surface area contributed by atoms with Crippen molar-refractivity contribution in [3.05, 3.63) is 69.7 Å². The SMILES string of the molecule is CO.OCC1CC(O)CC(c2ccc(Cl)c(Cc3ccc(C4CC4)cc3)c2)O1. The van der Waals surface area contributed by atoms with Crippen molar-refractivity contribution in [3.63, 3.8) is 0 Å². The van der Waals surface area contributed by atoms with Crippen molar-refractivity contribution < 1.29 is 20.1 Å². The van der Waals surface area contributed by atoms with Crippen molar-refractivity contribution in [2.24, 2.45) is 0 Å². The minimum atomic E-state index is -0.444. The third kappa shape index (κ3) is 5.34. The monoisotopic (exact) mass is 404 g/mol. The van der Waals surface area contributed by atoms with Crippen molar-refractivity contribution in [2.45, 2.75) is 56.3 Å². The number of benzene rings is 2. The van der Waals surface area contributed by atoms with E-state index in [1.807, 2.05) is 12.1 Å². The van der Waals surface area contributed by atoms with Crippen LogP contribution in [0.1, 0.15) is 60.0 Å². The molecule has 1 aliphatic heterocycles. The summed E-state index contributed by atoms with van der Waals surface area (Å²) in [6.45, 7) is -0.0681. The molecule has 5 heteroatoms. The van der Waals surface area contributed by atoms with Gasteiger partial charge in [-0.2, -0.15) is 0 Å². The lowest BCUT2D eigenvalue weighted by molar-refractivity contribution is -0.113. The summed E-state index contributed by atoms with van der Waals surface area (Å²) in [5, 5.41) is 27.2. The van der Waals surface area contributed by atoms with Crippen LogP contribution < -0.4 is 0 Å². The summed E-state index contributed by atoms with van der Waals surface area (Å²) in [4.78, 5) is 0. The molecule has 0 spiro atoms. The van der Waals surface area contributed by atoms with Crippen LogP contribution in [0.2, 0.25) is 5.02 Å². The van der Waals surface area contributed by atoms with E-state index in [0.717, 1.165) is 35.6 Å². The van der Waals surface area contributed by atoms with Crippen LogP contribution in [0.4, 0.5) is 0 Å². The second-order valence-corrected chi connectivity index (χ2v) is 8.01. The van der Waals surface area contributed by atoms with E-state index >= 15 is 0 Å². The third-order valence-electron chi connectivity index (χ3n) is 5.45. The lowest BCUT2D eigenvalue weighted by Crippen LogP contribution is -2.33. The molecule has 152 valence electrons. The minimum Gasteiger partial charge on any atom is -0.400 e. The van der Waals surface area contributed by atoms with Gasteiger partial charge in [0, 0.05) is 25.0 Å². The van der Waals surface area contributed by atoms with Crippen molar-refractivity contribution >= 4 is 11.6 Å². The van der Waals surface area contributed by atoms with Crippen molar-refractivity contribution in [3.8, 4) is 0 Å². The van der Waals surface area contributed by atoms with Gasteiger partial charge >= 0.3 is 0 Å². The van der Waals surface area contributed by atoms with E-state index in [4.69, 9.17) is 21.4 Å². The number of hydrogen-bond acceptors (Lipinski definition) is 4. The highest BCUT2D eigenvalue weighted by Gasteiger charge is 2.29. The Morgan fingerprint density at radius 3 is 2.32 bits per heavy atom. The molecule has 1 heterocycles. The van der Waals surface area contributed by atoms with Gasteiger partial charge in [0.25, 0.3) is 0 Å². The van der Waals surface area contributed by atoms with Crippen LogP contribution in [0.3, 0.4) is 0 Å². The van der Waals surface area contributed by atoms with Crippen LogP contribution in [0, 0.1) is 0 Å². The second kappa shape index (κ2) is 9.86. The van der Waals surface area contributed by atoms with Gasteiger partial charge < -0.3 is 20.1 Å². The Hall–Kier alpha value is -1.43. The van der Waals surface area contributed by atoms with E-state index in [9.17, 15) is 10.2 Å². The fraction of sp³-hybridized carbons (Fsp3) is 0.478. The predicted molar refractivity (Wildman–Crippen MR) is 111 cm³/mol. The molecule has 3 N–H and O–H groups in total. The molecule has 0 radical (unpaired) electrons. The summed E-state index contributed by atoms with van der Waals surface area (Å²) in [5.41, 5.74) is 4.75. The van der Waals surface area contributed by atoms with Crippen LogP contribution in [-0.4, -0.2) is 41.2 Å². The van der Waals surface area contributed by atoms with Gasteiger partial charge in [0.1, 0.15) is 0 Å². The number of aliphatic hydroxyl groups excluding tert-OH is 3. The van der Waals surface area contributed by atoms with Crippen LogP contribution in [0.25, 0.3) is 0 Å². The quantitative estimate of drug-likeness (QED) is 0.704. The summed E-state index contributed by atoms with van der Waals surface area (Å²) < 4.78 is 5.93. The third-order valence-corrected chi connectivity index (χ3v) is 5.81. The predicted octanol–water partition coefficient (Wildman–Crippen LogP) is 3.99. The Morgan fingerprint density at radius 2 is 1.68 bits per heavy atom. The molecule has 0 bridgehead atoms. The molecule has 1 saturated heterocycles. The highest BCUT2D eigenvalue weighted by atomic mass is 35.5. The Labute approximate surface area is 171 Å². The molecule has 4 rings (SSSR count). The maximum Gasteiger partial charge on any atom is 0.0854 e. The number of hydrogen-bond donors (Lipinski definition) is 3. The summed E-state index contributed by atoms with van der Waals surface area (Å²) >= 11 is 6.43. The number of halogens is 1. The van der Waals surface area contributed by atoms with Gasteiger partial charge in [-0.3, -0.25) is 0 Å². The number of ether oxygens (including phenoxy) is 1. The van der Waals surface area contributed by atoms with E-state index in [0.29, 0.717) is 12.8 Å². The van der Waals surface area contributed by atoms with E-state index in [1.54, 1.807) is 0 Å². The van der Waals surface area contributed by atoms with E-state index in [2.05, 4.69) is 30.3 Å². The summed E-state index contributed by atoms with van der Waals surface area (Å²) in [6, 6.07) is 14.8. The van der Waals surface area contributed by atoms with Crippen LogP contribution in [-0.2, 0) is 11.2 Å². The zero-order valence-electron chi connectivity index (χ0n) is 16.2. The topological polar surface area (TPSA) is 69.9 Å². The largest absolute Gasteiger partial charge is 0.400 e. The van der Waals surface area contributed by atoms with Crippen LogP contribution in [0.15, 0.2) is 42.5 Å². The standard InChI is InChI=1S/C22H25ClO3.CH4O/c23-21-8-7-17(22-12-19(25)11-20(13-24)26-22)10-18(21)9-14-1-3-15(4-2-14)16-5-6-16;1-2/h1-4,7-8,10,16,19-20,22,24-25H,5-6,9,11-13H2;2H,1H3. The Morgan fingerprint density at radius 1 is 1.00 bits per heavy atom. The average molecular weight is 405 g/mol. The van der Waals surface area contributed by atoms with Gasteiger partial charge in [-0.15, -0.1) is 0 Å². The Kier molecular flexibility index (Phi) is 7.49. The smallest absolute Gasteiger partial charge is 0.0854 e. The first-order chi connectivity index (χ1) is 13.6. The van der Waals surface area contributed by atoms with E-state index in [-0.39, 0.29) is 18.8 Å². The van der Waals surface area contributed by atoms with Crippen LogP contribution >= 0.6 is 11.6 Å². The van der Waals surface area contributed by atoms with Gasteiger partial charge in [-0.25, -0.2) is 0 Å². The maximum atomic E-state index is 10.1. The summed E-state index contributed by atoms with van der Waals surface area (Å²) in [6.07, 6.45) is 3.48. The zero-order valence-corrected chi connectivity index (χ0v) is 17.0. The number of rotatable bonds is 5. The molecule has 0 aromatic heterocycles. The molecule has 4 nitrogen and oxygen atoms in total. The molecule has 2 aromatic carbocycles. The first-order valence-electron chi connectivity index (χ1n) is 9.88. The molecule has 28 heavy (non-hydrogen) atoms. The minimum absolute atomic E-state index is 0.0681. The second-order valence-electron chi connectivity index (χ2n) is 7.60. The summed E-state index contributed by atoms with van der Waals surface area (Å²) in [7, 11) is 1.00. The van der Waals surface area contributed by atoms with Gasteiger partial charge in [0.15, 0.2) is 0 Å². The molecule has 1 saturated carbocycles. The van der Waals surface area contributed by atoms with E-state index < -0.39 is 6.10 Å². The fourth-order valence-corrected chi connectivity index (χ4v) is 3.98. The molecule has 2 fully saturated rings. The lowest BCUT2D eigenvalue weighted by Gasteiger charge is -2.32. The highest BCUT2D eigenvalue weighted by molar-refractivity contribution is 6.31.